The van der Waals surface area contributed by atoms with Crippen molar-refractivity contribution in [2.24, 2.45) is 0 Å². The van der Waals surface area contributed by atoms with Gasteiger partial charge in [-0.3, -0.25) is 0 Å². The van der Waals surface area contributed by atoms with Crippen LogP contribution in [0.3, 0.4) is 0 Å². The monoisotopic (exact) mass is 416 g/mol. The van der Waals surface area contributed by atoms with Gasteiger partial charge in [0.1, 0.15) is 0 Å². The highest BCUT2D eigenvalue weighted by molar-refractivity contribution is 7.25. The van der Waals surface area contributed by atoms with E-state index in [-0.39, 0.29) is 18.3 Å². The maximum atomic E-state index is 6.24. The molecule has 0 radical (unpaired) electrons. The van der Waals surface area contributed by atoms with Gasteiger partial charge in [-0.05, 0) is 62.5 Å². The van der Waals surface area contributed by atoms with E-state index < -0.39 is 0 Å². The lowest BCUT2D eigenvalue weighted by Crippen LogP contribution is -2.41. The lowest BCUT2D eigenvalue weighted by Gasteiger charge is -2.32. The Kier molecular flexibility index (Phi) is 5.52. The van der Waals surface area contributed by atoms with Crippen molar-refractivity contribution in [3.05, 3.63) is 66.7 Å². The van der Waals surface area contributed by atoms with Crippen molar-refractivity contribution < 1.29 is 9.31 Å². The summed E-state index contributed by atoms with van der Waals surface area (Å²) in [6.07, 6.45) is 0. The van der Waals surface area contributed by atoms with E-state index in [2.05, 4.69) is 94.4 Å². The molecule has 0 unspecified atom stereocenters. The fourth-order valence-electron chi connectivity index (χ4n) is 3.75. The Labute approximate surface area is 184 Å². The predicted octanol–water partition coefficient (Wildman–Crippen LogP) is 7.05. The number of benzene rings is 3. The first-order valence-electron chi connectivity index (χ1n) is 10.7. The Morgan fingerprint density at radius 2 is 1.30 bits per heavy atom. The van der Waals surface area contributed by atoms with Crippen LogP contribution < -0.4 is 5.46 Å². The van der Waals surface area contributed by atoms with Gasteiger partial charge in [-0.25, -0.2) is 0 Å². The summed E-state index contributed by atoms with van der Waals surface area (Å²) in [5.74, 6) is 0. The van der Waals surface area contributed by atoms with Gasteiger partial charge in [-0.15, -0.1) is 11.3 Å². The molecule has 4 heteroatoms. The molecule has 0 atom stereocenters. The molecule has 1 aliphatic heterocycles. The van der Waals surface area contributed by atoms with Crippen molar-refractivity contribution in [1.29, 1.82) is 0 Å². The molecule has 3 aromatic carbocycles. The molecule has 1 saturated heterocycles. The van der Waals surface area contributed by atoms with Crippen LogP contribution in [0.1, 0.15) is 41.5 Å². The Hall–Kier alpha value is -2.14. The third-order valence-corrected chi connectivity index (χ3v) is 7.27. The smallest absolute Gasteiger partial charge is 0.399 e. The molecule has 1 fully saturated rings. The van der Waals surface area contributed by atoms with Gasteiger partial charge in [0, 0.05) is 20.2 Å². The number of fused-ring (bicyclic) bond motifs is 3. The lowest BCUT2D eigenvalue weighted by atomic mass is 9.78. The zero-order valence-electron chi connectivity index (χ0n) is 18.7. The maximum absolute atomic E-state index is 6.24. The molecule has 2 nitrogen and oxygen atoms in total. The second-order valence-corrected chi connectivity index (χ2v) is 9.61. The molecule has 1 aromatic heterocycles. The average molecular weight is 416 g/mol. The zero-order chi connectivity index (χ0) is 21.5. The van der Waals surface area contributed by atoms with E-state index in [1.165, 1.54) is 31.3 Å². The molecule has 5 rings (SSSR count). The quantitative estimate of drug-likeness (QED) is 0.326. The summed E-state index contributed by atoms with van der Waals surface area (Å²) in [6.45, 7) is 12.4. The number of rotatable bonds is 2. The first-order chi connectivity index (χ1) is 14.3. The third kappa shape index (κ3) is 3.58. The standard InChI is InChI=1S/C24H23BO2S.C2H6/c1-23(2)24(3,4)27-25(26-23)18-9-7-8-16(14-18)17-12-13-22-20(15-17)19-10-5-6-11-21(19)28-22;1-2/h5-15H,1-4H3;1-2H3. The summed E-state index contributed by atoms with van der Waals surface area (Å²) in [6, 6.07) is 23.9. The summed E-state index contributed by atoms with van der Waals surface area (Å²) in [4.78, 5) is 0. The van der Waals surface area contributed by atoms with Crippen molar-refractivity contribution in [1.82, 2.24) is 0 Å². The topological polar surface area (TPSA) is 18.5 Å². The molecular formula is C26H29BO2S. The molecule has 4 aromatic rings. The van der Waals surface area contributed by atoms with E-state index in [4.69, 9.17) is 9.31 Å². The van der Waals surface area contributed by atoms with Crippen LogP contribution in [0.2, 0.25) is 0 Å². The second kappa shape index (κ2) is 7.84. The van der Waals surface area contributed by atoms with Crippen LogP contribution in [0.25, 0.3) is 31.3 Å². The molecule has 0 N–H and O–H groups in total. The highest BCUT2D eigenvalue weighted by Crippen LogP contribution is 2.38. The van der Waals surface area contributed by atoms with Crippen LogP contribution >= 0.6 is 11.3 Å². The van der Waals surface area contributed by atoms with Crippen LogP contribution in [-0.4, -0.2) is 18.3 Å². The second-order valence-electron chi connectivity index (χ2n) is 8.52. The molecule has 30 heavy (non-hydrogen) atoms. The van der Waals surface area contributed by atoms with Gasteiger partial charge in [0.05, 0.1) is 11.2 Å². The first kappa shape index (κ1) is 21.1. The molecule has 0 bridgehead atoms. The minimum Gasteiger partial charge on any atom is -0.399 e. The summed E-state index contributed by atoms with van der Waals surface area (Å²) in [5.41, 5.74) is 2.80. The predicted molar refractivity (Wildman–Crippen MR) is 132 cm³/mol. The largest absolute Gasteiger partial charge is 0.494 e. The average Bonchev–Trinajstić information content (AvgIpc) is 3.22. The Morgan fingerprint density at radius 3 is 2.03 bits per heavy atom. The minimum absolute atomic E-state index is 0.331. The van der Waals surface area contributed by atoms with Crippen LogP contribution in [0.5, 0.6) is 0 Å². The van der Waals surface area contributed by atoms with Crippen molar-refractivity contribution in [3.63, 3.8) is 0 Å². The first-order valence-corrected chi connectivity index (χ1v) is 11.5. The van der Waals surface area contributed by atoms with Gasteiger partial charge < -0.3 is 9.31 Å². The molecule has 2 heterocycles. The van der Waals surface area contributed by atoms with Crippen molar-refractivity contribution in [3.8, 4) is 11.1 Å². The Bertz CT molecular complexity index is 1180. The van der Waals surface area contributed by atoms with Gasteiger partial charge in [-0.1, -0.05) is 62.4 Å². The van der Waals surface area contributed by atoms with Gasteiger partial charge in [-0.2, -0.15) is 0 Å². The molecule has 0 spiro atoms. The number of thiophene rings is 1. The summed E-state index contributed by atoms with van der Waals surface area (Å²) < 4.78 is 15.1. The van der Waals surface area contributed by atoms with Crippen LogP contribution in [0, 0.1) is 0 Å². The number of hydrogen-bond acceptors (Lipinski definition) is 3. The van der Waals surface area contributed by atoms with Crippen molar-refractivity contribution >= 4 is 44.1 Å². The molecular weight excluding hydrogens is 387 g/mol. The van der Waals surface area contributed by atoms with E-state index >= 15 is 0 Å². The fourth-order valence-corrected chi connectivity index (χ4v) is 4.84. The zero-order valence-corrected chi connectivity index (χ0v) is 19.5. The summed E-state index contributed by atoms with van der Waals surface area (Å²) >= 11 is 1.85. The molecule has 0 aliphatic carbocycles. The molecule has 154 valence electrons. The lowest BCUT2D eigenvalue weighted by molar-refractivity contribution is 0.00578. The molecule has 0 saturated carbocycles. The Balaban J connectivity index is 0.00000106. The SMILES string of the molecule is CC.CC1(C)OB(c2cccc(-c3ccc4sc5ccccc5c4c3)c2)OC1(C)C. The third-order valence-electron chi connectivity index (χ3n) is 6.12. The highest BCUT2D eigenvalue weighted by Gasteiger charge is 2.51. The van der Waals surface area contributed by atoms with Crippen LogP contribution in [0.15, 0.2) is 66.7 Å². The summed E-state index contributed by atoms with van der Waals surface area (Å²) in [7, 11) is -0.337. The highest BCUT2D eigenvalue weighted by atomic mass is 32.1. The Morgan fingerprint density at radius 1 is 0.667 bits per heavy atom. The molecule has 0 amide bonds. The van der Waals surface area contributed by atoms with Crippen molar-refractivity contribution in [2.45, 2.75) is 52.7 Å². The van der Waals surface area contributed by atoms with Crippen LogP contribution in [0.4, 0.5) is 0 Å². The van der Waals surface area contributed by atoms with Gasteiger partial charge >= 0.3 is 7.12 Å². The molecule has 1 aliphatic rings. The van der Waals surface area contributed by atoms with Gasteiger partial charge in [0.2, 0.25) is 0 Å². The number of hydrogen-bond donors (Lipinski definition) is 0. The van der Waals surface area contributed by atoms with Gasteiger partial charge in [0.25, 0.3) is 0 Å². The minimum atomic E-state index is -0.337. The van der Waals surface area contributed by atoms with E-state index in [9.17, 15) is 0 Å². The van der Waals surface area contributed by atoms with E-state index in [1.807, 2.05) is 25.2 Å². The van der Waals surface area contributed by atoms with Gasteiger partial charge in [0.15, 0.2) is 0 Å². The van der Waals surface area contributed by atoms with E-state index in [0.717, 1.165) is 5.46 Å². The van der Waals surface area contributed by atoms with Crippen molar-refractivity contribution in [2.75, 3.05) is 0 Å². The van der Waals surface area contributed by atoms with E-state index in [1.54, 1.807) is 0 Å². The maximum Gasteiger partial charge on any atom is 0.494 e. The van der Waals surface area contributed by atoms with Crippen LogP contribution in [-0.2, 0) is 9.31 Å². The normalized spacial score (nSPS) is 17.2. The van der Waals surface area contributed by atoms with E-state index in [0.29, 0.717) is 0 Å². The fraction of sp³-hybridized carbons (Fsp3) is 0.308. The summed E-state index contributed by atoms with van der Waals surface area (Å²) in [5, 5.41) is 2.64.